The average Bonchev–Trinajstić information content (AvgIpc) is 2.47. The molecule has 2 atom stereocenters. The topological polar surface area (TPSA) is 110 Å². The number of ether oxygens (including phenoxy) is 1. The van der Waals surface area contributed by atoms with Gasteiger partial charge in [-0.25, -0.2) is 4.57 Å². The Morgan fingerprint density at radius 2 is 1.71 bits per heavy atom. The van der Waals surface area contributed by atoms with Crippen LogP contribution < -0.4 is 0 Å². The fourth-order valence-electron chi connectivity index (χ4n) is 1.73. The molecule has 1 aromatic carbocycles. The summed E-state index contributed by atoms with van der Waals surface area (Å²) in [7, 11) is -4.04. The molecule has 8 heteroatoms. The van der Waals surface area contributed by atoms with Gasteiger partial charge in [0.05, 0.1) is 31.2 Å². The molecule has 1 aromatic rings. The van der Waals surface area contributed by atoms with E-state index in [-0.39, 0.29) is 13.0 Å². The predicted octanol–water partition coefficient (Wildman–Crippen LogP) is 2.05. The maximum atomic E-state index is 11.6. The van der Waals surface area contributed by atoms with Crippen LogP contribution in [0.25, 0.3) is 0 Å². The monoisotopic (exact) mass is 358 g/mol. The molecule has 0 spiro atoms. The quantitative estimate of drug-likeness (QED) is 0.513. The standard InChI is InChI=1S/C16H23O7P/c1-12(2)24(20,21)23-16(19)11-14(17)10-15(18)22-9-8-13-6-4-3-5-7-13/h3-7,12,14,17H,8-11H2,1-2H3,(H,20,21)/t14-/m1/s1. The molecule has 0 fully saturated rings. The molecule has 0 aliphatic rings. The molecule has 0 heterocycles. The minimum Gasteiger partial charge on any atom is -0.465 e. The van der Waals surface area contributed by atoms with E-state index in [1.54, 1.807) is 0 Å². The van der Waals surface area contributed by atoms with Crippen molar-refractivity contribution in [1.29, 1.82) is 0 Å². The Bertz CT molecular complexity index is 585. The molecule has 24 heavy (non-hydrogen) atoms. The average molecular weight is 358 g/mol. The molecule has 0 saturated carbocycles. The van der Waals surface area contributed by atoms with Gasteiger partial charge in [0.1, 0.15) is 0 Å². The van der Waals surface area contributed by atoms with Gasteiger partial charge >= 0.3 is 19.5 Å². The van der Waals surface area contributed by atoms with E-state index >= 15 is 0 Å². The maximum Gasteiger partial charge on any atom is 0.381 e. The summed E-state index contributed by atoms with van der Waals surface area (Å²) in [5.74, 6) is -1.68. The van der Waals surface area contributed by atoms with Gasteiger partial charge in [-0.1, -0.05) is 44.2 Å². The predicted molar refractivity (Wildman–Crippen MR) is 87.4 cm³/mol. The van der Waals surface area contributed by atoms with Crippen molar-refractivity contribution in [3.8, 4) is 0 Å². The van der Waals surface area contributed by atoms with Gasteiger partial charge in [-0.05, 0) is 5.56 Å². The first-order valence-corrected chi connectivity index (χ1v) is 9.28. The molecule has 0 amide bonds. The smallest absolute Gasteiger partial charge is 0.381 e. The number of aliphatic hydroxyl groups excluding tert-OH is 1. The van der Waals surface area contributed by atoms with E-state index in [2.05, 4.69) is 4.52 Å². The van der Waals surface area contributed by atoms with Crippen LogP contribution >= 0.6 is 7.60 Å². The van der Waals surface area contributed by atoms with Crippen LogP contribution in [0, 0.1) is 0 Å². The molecule has 2 N–H and O–H groups in total. The minimum atomic E-state index is -4.04. The molecule has 0 aromatic heterocycles. The van der Waals surface area contributed by atoms with Crippen molar-refractivity contribution in [2.75, 3.05) is 6.61 Å². The molecular formula is C16H23O7P. The lowest BCUT2D eigenvalue weighted by Crippen LogP contribution is -2.21. The van der Waals surface area contributed by atoms with Crippen molar-refractivity contribution >= 4 is 19.5 Å². The Labute approximate surface area is 141 Å². The Kier molecular flexibility index (Phi) is 8.11. The lowest BCUT2D eigenvalue weighted by atomic mass is 10.2. The summed E-state index contributed by atoms with van der Waals surface area (Å²) >= 11 is 0. The third-order valence-corrected chi connectivity index (χ3v) is 4.96. The molecule has 0 aliphatic heterocycles. The van der Waals surface area contributed by atoms with Crippen LogP contribution in [0.4, 0.5) is 0 Å². The normalized spacial score (nSPS) is 14.7. The molecule has 0 aliphatic carbocycles. The number of hydrogen-bond acceptors (Lipinski definition) is 6. The second-order valence-electron chi connectivity index (χ2n) is 5.64. The van der Waals surface area contributed by atoms with Crippen LogP contribution in [0.5, 0.6) is 0 Å². The van der Waals surface area contributed by atoms with E-state index in [9.17, 15) is 24.2 Å². The Morgan fingerprint density at radius 1 is 1.12 bits per heavy atom. The van der Waals surface area contributed by atoms with Crippen molar-refractivity contribution in [2.45, 2.75) is 44.9 Å². The van der Waals surface area contributed by atoms with Gasteiger partial charge in [0.15, 0.2) is 0 Å². The van der Waals surface area contributed by atoms with Gasteiger partial charge in [-0.2, -0.15) is 0 Å². The molecule has 7 nitrogen and oxygen atoms in total. The van der Waals surface area contributed by atoms with Crippen LogP contribution in [-0.4, -0.2) is 40.3 Å². The number of carbonyl (C=O) groups excluding carboxylic acids is 2. The van der Waals surface area contributed by atoms with Gasteiger partial charge in [0.25, 0.3) is 0 Å². The number of carbonyl (C=O) groups is 2. The molecule has 1 unspecified atom stereocenters. The summed E-state index contributed by atoms with van der Waals surface area (Å²) in [5.41, 5.74) is 0.281. The lowest BCUT2D eigenvalue weighted by Gasteiger charge is -2.16. The van der Waals surface area contributed by atoms with Gasteiger partial charge in [0, 0.05) is 6.42 Å². The zero-order valence-corrected chi connectivity index (χ0v) is 14.6. The van der Waals surface area contributed by atoms with Crippen LogP contribution in [0.15, 0.2) is 30.3 Å². The minimum absolute atomic E-state index is 0.166. The van der Waals surface area contributed by atoms with Gasteiger partial charge < -0.3 is 19.3 Å². The Balaban J connectivity index is 2.28. The lowest BCUT2D eigenvalue weighted by molar-refractivity contribution is -0.146. The SMILES string of the molecule is CC(C)P(=O)(O)OC(=O)C[C@H](O)CC(=O)OCCc1ccccc1. The van der Waals surface area contributed by atoms with Crippen LogP contribution in [0.3, 0.4) is 0 Å². The molecular weight excluding hydrogens is 335 g/mol. The number of esters is 1. The first-order valence-electron chi connectivity index (χ1n) is 7.63. The van der Waals surface area contributed by atoms with E-state index in [0.717, 1.165) is 5.56 Å². The fraction of sp³-hybridized carbons (Fsp3) is 0.500. The fourth-order valence-corrected chi connectivity index (χ4v) is 2.31. The van der Waals surface area contributed by atoms with Crippen LogP contribution in [-0.2, 0) is 29.8 Å². The van der Waals surface area contributed by atoms with E-state index in [1.165, 1.54) is 13.8 Å². The van der Waals surface area contributed by atoms with Gasteiger partial charge in [-0.3, -0.25) is 9.59 Å². The van der Waals surface area contributed by atoms with Gasteiger partial charge in [-0.15, -0.1) is 0 Å². The highest BCUT2D eigenvalue weighted by molar-refractivity contribution is 7.54. The summed E-state index contributed by atoms with van der Waals surface area (Å²) in [6.45, 7) is 3.04. The van der Waals surface area contributed by atoms with Crippen molar-refractivity contribution in [3.05, 3.63) is 35.9 Å². The zero-order valence-electron chi connectivity index (χ0n) is 13.8. The van der Waals surface area contributed by atoms with E-state index < -0.39 is 37.7 Å². The van der Waals surface area contributed by atoms with Crippen molar-refractivity contribution in [1.82, 2.24) is 0 Å². The highest BCUT2D eigenvalue weighted by Gasteiger charge is 2.29. The third kappa shape index (κ3) is 7.73. The number of hydrogen-bond donors (Lipinski definition) is 2. The highest BCUT2D eigenvalue weighted by Crippen LogP contribution is 2.47. The summed E-state index contributed by atoms with van der Waals surface area (Å²) in [6.07, 6.45) is -1.71. The van der Waals surface area contributed by atoms with E-state index in [1.807, 2.05) is 30.3 Å². The second-order valence-corrected chi connectivity index (χ2v) is 7.98. The highest BCUT2D eigenvalue weighted by atomic mass is 31.2. The number of benzene rings is 1. The maximum absolute atomic E-state index is 11.6. The summed E-state index contributed by atoms with van der Waals surface area (Å²) in [6, 6.07) is 9.45. The molecule has 1 rings (SSSR count). The largest absolute Gasteiger partial charge is 0.465 e. The Morgan fingerprint density at radius 3 is 2.29 bits per heavy atom. The van der Waals surface area contributed by atoms with Crippen molar-refractivity contribution in [3.63, 3.8) is 0 Å². The van der Waals surface area contributed by atoms with Gasteiger partial charge in [0.2, 0.25) is 0 Å². The van der Waals surface area contributed by atoms with Crippen LogP contribution in [0.2, 0.25) is 0 Å². The summed E-state index contributed by atoms with van der Waals surface area (Å²) in [4.78, 5) is 32.5. The Hall–Kier alpha value is -1.69. The van der Waals surface area contributed by atoms with E-state index in [0.29, 0.717) is 6.42 Å². The third-order valence-electron chi connectivity index (χ3n) is 3.19. The first kappa shape index (κ1) is 20.4. The van der Waals surface area contributed by atoms with E-state index in [4.69, 9.17) is 4.74 Å². The molecule has 0 radical (unpaired) electrons. The molecule has 0 saturated heterocycles. The second kappa shape index (κ2) is 9.57. The number of rotatable bonds is 9. The zero-order chi connectivity index (χ0) is 18.2. The summed E-state index contributed by atoms with van der Waals surface area (Å²) in [5, 5.41) is 9.67. The van der Waals surface area contributed by atoms with Crippen molar-refractivity contribution in [2.24, 2.45) is 0 Å². The summed E-state index contributed by atoms with van der Waals surface area (Å²) < 4.78 is 21.0. The molecule has 134 valence electrons. The van der Waals surface area contributed by atoms with Crippen molar-refractivity contribution < 1.29 is 33.4 Å². The first-order chi connectivity index (χ1) is 11.2. The van der Waals surface area contributed by atoms with Crippen LogP contribution in [0.1, 0.15) is 32.3 Å². The molecule has 0 bridgehead atoms. The number of aliphatic hydroxyl groups is 1.